The Labute approximate surface area is 188 Å². The fourth-order valence-electron chi connectivity index (χ4n) is 4.47. The second kappa shape index (κ2) is 8.81. The van der Waals surface area contributed by atoms with Crippen molar-refractivity contribution < 1.29 is 14.3 Å². The molecule has 32 heavy (non-hydrogen) atoms. The number of nitrogens with zero attached hydrogens (tertiary/aromatic N) is 3. The molecule has 1 aromatic heterocycles. The maximum Gasteiger partial charge on any atom is 0.254 e. The fourth-order valence-corrected chi connectivity index (χ4v) is 4.47. The Balaban J connectivity index is 1.34. The number of anilines is 1. The van der Waals surface area contributed by atoms with Crippen molar-refractivity contribution in [2.24, 2.45) is 13.0 Å². The van der Waals surface area contributed by atoms with E-state index in [-0.39, 0.29) is 35.8 Å². The second-order valence-corrected chi connectivity index (χ2v) is 9.05. The predicted molar refractivity (Wildman–Crippen MR) is 123 cm³/mol. The lowest BCUT2D eigenvalue weighted by Gasteiger charge is -2.33. The van der Waals surface area contributed by atoms with E-state index in [0.29, 0.717) is 38.2 Å². The average molecular weight is 438 g/mol. The summed E-state index contributed by atoms with van der Waals surface area (Å²) in [7, 11) is 1.74. The highest BCUT2D eigenvalue weighted by molar-refractivity contribution is 6.00. The monoisotopic (exact) mass is 437 g/mol. The number of aryl methyl sites for hydroxylation is 3. The van der Waals surface area contributed by atoms with Crippen molar-refractivity contribution in [3.63, 3.8) is 0 Å². The Hall–Kier alpha value is -3.09. The lowest BCUT2D eigenvalue weighted by atomic mass is 10.0. The van der Waals surface area contributed by atoms with Gasteiger partial charge in [-0.15, -0.1) is 0 Å². The summed E-state index contributed by atoms with van der Waals surface area (Å²) in [5, 5.41) is 0. The second-order valence-electron chi connectivity index (χ2n) is 9.05. The van der Waals surface area contributed by atoms with E-state index >= 15 is 0 Å². The molecule has 2 aliphatic heterocycles. The van der Waals surface area contributed by atoms with Crippen molar-refractivity contribution >= 4 is 17.5 Å². The molecule has 1 aromatic carbocycles. The molecule has 2 saturated heterocycles. The first kappa shape index (κ1) is 22.1. The number of benzene rings is 1. The van der Waals surface area contributed by atoms with Crippen LogP contribution in [0.4, 0.5) is 5.69 Å². The van der Waals surface area contributed by atoms with Crippen molar-refractivity contribution in [1.29, 1.82) is 0 Å². The molecule has 1 atom stereocenters. The number of piperidine rings is 1. The first-order valence-corrected chi connectivity index (χ1v) is 11.2. The molecule has 2 amide bonds. The van der Waals surface area contributed by atoms with Crippen LogP contribution in [-0.2, 0) is 16.6 Å². The van der Waals surface area contributed by atoms with E-state index in [4.69, 9.17) is 4.74 Å². The maximum absolute atomic E-state index is 13.1. The number of amides is 2. The molecule has 2 fully saturated rings. The van der Waals surface area contributed by atoms with E-state index in [2.05, 4.69) is 0 Å². The number of hydrogen-bond donors (Lipinski definition) is 0. The SMILES string of the molecule is Cc1ccc(N2CC(C(=O)N3CCC(Oc4cc(C)n(C)c(=O)c4)CC3)CC2=O)cc1C. The minimum absolute atomic E-state index is 0.00542. The van der Waals surface area contributed by atoms with Gasteiger partial charge in [-0.25, -0.2) is 0 Å². The van der Waals surface area contributed by atoms with E-state index in [1.807, 2.05) is 49.9 Å². The summed E-state index contributed by atoms with van der Waals surface area (Å²) < 4.78 is 7.61. The van der Waals surface area contributed by atoms with E-state index in [0.717, 1.165) is 16.9 Å². The largest absolute Gasteiger partial charge is 0.490 e. The molecule has 0 saturated carbocycles. The van der Waals surface area contributed by atoms with Crippen molar-refractivity contribution in [2.45, 2.75) is 46.1 Å². The molecule has 0 bridgehead atoms. The van der Waals surface area contributed by atoms with Crippen molar-refractivity contribution in [1.82, 2.24) is 9.47 Å². The molecule has 0 spiro atoms. The number of rotatable bonds is 4. The minimum Gasteiger partial charge on any atom is -0.490 e. The van der Waals surface area contributed by atoms with Gasteiger partial charge in [0.2, 0.25) is 11.8 Å². The van der Waals surface area contributed by atoms with Crippen LogP contribution in [0.5, 0.6) is 5.75 Å². The molecular formula is C25H31N3O4. The Morgan fingerprint density at radius 3 is 2.38 bits per heavy atom. The number of carbonyl (C=O) groups excluding carboxylic acids is 2. The molecule has 2 aliphatic rings. The quantitative estimate of drug-likeness (QED) is 0.737. The highest BCUT2D eigenvalue weighted by atomic mass is 16.5. The van der Waals surface area contributed by atoms with Gasteiger partial charge < -0.3 is 19.1 Å². The van der Waals surface area contributed by atoms with Crippen LogP contribution in [0.15, 0.2) is 35.1 Å². The molecule has 3 heterocycles. The van der Waals surface area contributed by atoms with Crippen molar-refractivity contribution in [2.75, 3.05) is 24.5 Å². The van der Waals surface area contributed by atoms with E-state index in [9.17, 15) is 14.4 Å². The summed E-state index contributed by atoms with van der Waals surface area (Å²) in [5.41, 5.74) is 3.94. The summed E-state index contributed by atoms with van der Waals surface area (Å²) in [6.07, 6.45) is 1.65. The summed E-state index contributed by atoms with van der Waals surface area (Å²) >= 11 is 0. The van der Waals surface area contributed by atoms with Gasteiger partial charge in [0.25, 0.3) is 5.56 Å². The standard InChI is InChI=1S/C25H31N3O4/c1-16-5-6-20(11-17(16)2)28-15-19(13-24(28)30)25(31)27-9-7-21(8-10-27)32-22-12-18(3)26(4)23(29)14-22/h5-6,11-12,14,19,21H,7-10,13,15H2,1-4H3. The Morgan fingerprint density at radius 2 is 1.72 bits per heavy atom. The molecule has 0 aliphatic carbocycles. The summed E-state index contributed by atoms with van der Waals surface area (Å²) in [5.74, 6) is 0.334. The zero-order valence-electron chi connectivity index (χ0n) is 19.3. The third-order valence-corrected chi connectivity index (χ3v) is 6.81. The number of likely N-dealkylation sites (tertiary alicyclic amines) is 1. The van der Waals surface area contributed by atoms with Crippen LogP contribution >= 0.6 is 0 Å². The lowest BCUT2D eigenvalue weighted by Crippen LogP contribution is -2.45. The molecule has 170 valence electrons. The van der Waals surface area contributed by atoms with Crippen LogP contribution < -0.4 is 15.2 Å². The normalized spacial score (nSPS) is 19.5. The molecule has 7 nitrogen and oxygen atoms in total. The Morgan fingerprint density at radius 1 is 1.00 bits per heavy atom. The molecule has 2 aromatic rings. The number of hydrogen-bond acceptors (Lipinski definition) is 4. The minimum atomic E-state index is -0.304. The third kappa shape index (κ3) is 4.42. The van der Waals surface area contributed by atoms with Gasteiger partial charge in [0.15, 0.2) is 0 Å². The van der Waals surface area contributed by atoms with Gasteiger partial charge in [-0.3, -0.25) is 14.4 Å². The van der Waals surface area contributed by atoms with Crippen LogP contribution in [0.3, 0.4) is 0 Å². The zero-order valence-corrected chi connectivity index (χ0v) is 19.3. The number of ether oxygens (including phenoxy) is 1. The number of aromatic nitrogens is 1. The van der Waals surface area contributed by atoms with Gasteiger partial charge in [-0.05, 0) is 50.1 Å². The van der Waals surface area contributed by atoms with E-state index in [1.54, 1.807) is 16.5 Å². The van der Waals surface area contributed by atoms with Gasteiger partial charge >= 0.3 is 0 Å². The van der Waals surface area contributed by atoms with Crippen LogP contribution in [0.2, 0.25) is 0 Å². The first-order chi connectivity index (χ1) is 15.2. The highest BCUT2D eigenvalue weighted by Crippen LogP contribution is 2.29. The van der Waals surface area contributed by atoms with Crippen molar-refractivity contribution in [3.05, 3.63) is 57.5 Å². The van der Waals surface area contributed by atoms with Crippen LogP contribution in [0.25, 0.3) is 0 Å². The summed E-state index contributed by atoms with van der Waals surface area (Å²) in [6.45, 7) is 7.58. The van der Waals surface area contributed by atoms with Gasteiger partial charge in [-0.2, -0.15) is 0 Å². The maximum atomic E-state index is 13.1. The van der Waals surface area contributed by atoms with Crippen LogP contribution in [0, 0.1) is 26.7 Å². The fraction of sp³-hybridized carbons (Fsp3) is 0.480. The summed E-state index contributed by atoms with van der Waals surface area (Å²) in [6, 6.07) is 9.36. The molecule has 1 unspecified atom stereocenters. The average Bonchev–Trinajstić information content (AvgIpc) is 3.15. The Kier molecular flexibility index (Phi) is 6.09. The highest BCUT2D eigenvalue weighted by Gasteiger charge is 2.38. The van der Waals surface area contributed by atoms with Crippen molar-refractivity contribution in [3.8, 4) is 5.75 Å². The van der Waals surface area contributed by atoms with Gasteiger partial charge in [0.05, 0.1) is 5.92 Å². The van der Waals surface area contributed by atoms with E-state index in [1.165, 1.54) is 11.6 Å². The summed E-state index contributed by atoms with van der Waals surface area (Å²) in [4.78, 5) is 41.3. The topological polar surface area (TPSA) is 71.8 Å². The van der Waals surface area contributed by atoms with Gasteiger partial charge in [0, 0.05) is 63.4 Å². The molecule has 0 radical (unpaired) electrons. The zero-order chi connectivity index (χ0) is 23.0. The Bertz CT molecular complexity index is 1100. The van der Waals surface area contributed by atoms with Gasteiger partial charge in [-0.1, -0.05) is 6.07 Å². The molecule has 4 rings (SSSR count). The van der Waals surface area contributed by atoms with Gasteiger partial charge in [0.1, 0.15) is 11.9 Å². The predicted octanol–water partition coefficient (Wildman–Crippen LogP) is 2.73. The molecule has 0 N–H and O–H groups in total. The third-order valence-electron chi connectivity index (χ3n) is 6.81. The first-order valence-electron chi connectivity index (χ1n) is 11.2. The molecular weight excluding hydrogens is 406 g/mol. The number of pyridine rings is 1. The molecule has 7 heteroatoms. The number of carbonyl (C=O) groups is 2. The smallest absolute Gasteiger partial charge is 0.254 e. The van der Waals surface area contributed by atoms with Crippen LogP contribution in [0.1, 0.15) is 36.1 Å². The van der Waals surface area contributed by atoms with E-state index < -0.39 is 0 Å². The lowest BCUT2D eigenvalue weighted by molar-refractivity contribution is -0.137. The van der Waals surface area contributed by atoms with Crippen LogP contribution in [-0.4, -0.2) is 47.0 Å².